The van der Waals surface area contributed by atoms with Crippen molar-refractivity contribution < 1.29 is 0 Å². The van der Waals surface area contributed by atoms with Crippen molar-refractivity contribution in [3.05, 3.63) is 11.8 Å². The van der Waals surface area contributed by atoms with Crippen LogP contribution in [0.15, 0.2) is 11.8 Å². The van der Waals surface area contributed by atoms with Crippen LogP contribution in [0.5, 0.6) is 0 Å². The van der Waals surface area contributed by atoms with Crippen molar-refractivity contribution >= 4 is 27.5 Å². The highest BCUT2D eigenvalue weighted by Crippen LogP contribution is 2.25. The van der Waals surface area contributed by atoms with Crippen molar-refractivity contribution in [2.24, 2.45) is 0 Å². The lowest BCUT2D eigenvalue weighted by atomic mass is 9.95. The number of thiazole rings is 1. The number of fused-ring (bicyclic) bond motifs is 1. The van der Waals surface area contributed by atoms with Gasteiger partial charge in [-0.25, -0.2) is 15.0 Å². The first-order valence-corrected chi connectivity index (χ1v) is 6.62. The van der Waals surface area contributed by atoms with Crippen molar-refractivity contribution in [3.63, 3.8) is 0 Å². The van der Waals surface area contributed by atoms with Crippen LogP contribution >= 0.6 is 11.3 Å². The van der Waals surface area contributed by atoms with Crippen LogP contribution in [0.3, 0.4) is 0 Å². The minimum atomic E-state index is 0.563. The van der Waals surface area contributed by atoms with Gasteiger partial charge in [0.05, 0.1) is 5.51 Å². The molecule has 3 rings (SSSR count). The average Bonchev–Trinajstić information content (AvgIpc) is 2.80. The first kappa shape index (κ1) is 9.96. The largest absolute Gasteiger partial charge is 0.365 e. The molecule has 16 heavy (non-hydrogen) atoms. The van der Waals surface area contributed by atoms with Gasteiger partial charge in [-0.15, -0.1) is 11.3 Å². The van der Waals surface area contributed by atoms with Gasteiger partial charge in [-0.3, -0.25) is 0 Å². The quantitative estimate of drug-likeness (QED) is 0.868. The third kappa shape index (κ3) is 1.87. The molecular formula is C11H14N4S. The van der Waals surface area contributed by atoms with Gasteiger partial charge in [0, 0.05) is 6.04 Å². The van der Waals surface area contributed by atoms with Gasteiger partial charge in [0.2, 0.25) is 0 Å². The fourth-order valence-electron chi connectivity index (χ4n) is 2.24. The number of nitrogens with one attached hydrogen (secondary N) is 1. The summed E-state index contributed by atoms with van der Waals surface area (Å²) in [6, 6.07) is 0.563. The lowest BCUT2D eigenvalue weighted by molar-refractivity contribution is 0.462. The molecule has 4 nitrogen and oxygen atoms in total. The van der Waals surface area contributed by atoms with E-state index in [1.807, 2.05) is 5.51 Å². The Bertz CT molecular complexity index is 476. The van der Waals surface area contributed by atoms with E-state index in [0.717, 1.165) is 16.2 Å². The van der Waals surface area contributed by atoms with E-state index < -0.39 is 0 Å². The molecule has 1 N–H and O–H groups in total. The second-order valence-corrected chi connectivity index (χ2v) is 5.04. The van der Waals surface area contributed by atoms with Gasteiger partial charge in [0.25, 0.3) is 0 Å². The summed E-state index contributed by atoms with van der Waals surface area (Å²) in [7, 11) is 0. The summed E-state index contributed by atoms with van der Waals surface area (Å²) in [6.45, 7) is 0. The molecule has 0 aliphatic heterocycles. The maximum Gasteiger partial charge on any atom is 0.157 e. The highest BCUT2D eigenvalue weighted by molar-refractivity contribution is 7.16. The van der Waals surface area contributed by atoms with E-state index in [1.54, 1.807) is 17.7 Å². The van der Waals surface area contributed by atoms with Crippen molar-refractivity contribution in [1.82, 2.24) is 15.0 Å². The fourth-order valence-corrected chi connectivity index (χ4v) is 2.87. The van der Waals surface area contributed by atoms with Gasteiger partial charge < -0.3 is 5.32 Å². The molecule has 1 aliphatic carbocycles. The lowest BCUT2D eigenvalue weighted by Crippen LogP contribution is -2.23. The first-order chi connectivity index (χ1) is 7.93. The zero-order valence-electron chi connectivity index (χ0n) is 9.02. The molecule has 2 aromatic heterocycles. The summed E-state index contributed by atoms with van der Waals surface area (Å²) in [5, 5.41) is 3.50. The van der Waals surface area contributed by atoms with E-state index in [2.05, 4.69) is 20.3 Å². The summed E-state index contributed by atoms with van der Waals surface area (Å²) >= 11 is 1.56. The van der Waals surface area contributed by atoms with Gasteiger partial charge >= 0.3 is 0 Å². The Morgan fingerprint density at radius 1 is 1.12 bits per heavy atom. The smallest absolute Gasteiger partial charge is 0.157 e. The maximum absolute atomic E-state index is 4.32. The van der Waals surface area contributed by atoms with Crippen molar-refractivity contribution in [2.45, 2.75) is 38.1 Å². The monoisotopic (exact) mass is 234 g/mol. The number of rotatable bonds is 2. The average molecular weight is 234 g/mol. The minimum Gasteiger partial charge on any atom is -0.365 e. The molecule has 2 heterocycles. The van der Waals surface area contributed by atoms with Crippen LogP contribution in [-0.4, -0.2) is 21.0 Å². The van der Waals surface area contributed by atoms with Crippen LogP contribution in [0.2, 0.25) is 0 Å². The summed E-state index contributed by atoms with van der Waals surface area (Å²) < 4.78 is 0. The molecule has 1 saturated carbocycles. The summed E-state index contributed by atoms with van der Waals surface area (Å²) in [4.78, 5) is 13.8. The lowest BCUT2D eigenvalue weighted by Gasteiger charge is -2.23. The van der Waals surface area contributed by atoms with Crippen LogP contribution in [-0.2, 0) is 0 Å². The third-order valence-electron chi connectivity index (χ3n) is 3.08. The van der Waals surface area contributed by atoms with E-state index in [-0.39, 0.29) is 0 Å². The maximum atomic E-state index is 4.32. The molecule has 1 aliphatic rings. The predicted octanol–water partition coefficient (Wildman–Crippen LogP) is 2.83. The normalized spacial score (nSPS) is 17.8. The molecule has 0 amide bonds. The summed E-state index contributed by atoms with van der Waals surface area (Å²) in [5.41, 5.74) is 2.74. The summed E-state index contributed by atoms with van der Waals surface area (Å²) in [6.07, 6.45) is 8.12. The van der Waals surface area contributed by atoms with Gasteiger partial charge in [-0.1, -0.05) is 19.3 Å². The molecule has 0 saturated heterocycles. The predicted molar refractivity (Wildman–Crippen MR) is 65.7 cm³/mol. The van der Waals surface area contributed by atoms with Crippen LogP contribution in [0, 0.1) is 0 Å². The number of aromatic nitrogens is 3. The minimum absolute atomic E-state index is 0.563. The SMILES string of the molecule is c1nc(NC2CCCCC2)c2ncsc2n1. The number of nitrogens with zero attached hydrogens (tertiary/aromatic N) is 3. The third-order valence-corrected chi connectivity index (χ3v) is 3.81. The molecule has 0 aromatic carbocycles. The van der Waals surface area contributed by atoms with Crippen molar-refractivity contribution in [1.29, 1.82) is 0 Å². The Kier molecular flexibility index (Phi) is 2.70. The van der Waals surface area contributed by atoms with Crippen LogP contribution in [0.25, 0.3) is 10.3 Å². The molecule has 0 radical (unpaired) electrons. The fraction of sp³-hybridized carbons (Fsp3) is 0.545. The van der Waals surface area contributed by atoms with Gasteiger partial charge in [-0.2, -0.15) is 0 Å². The van der Waals surface area contributed by atoms with Crippen LogP contribution < -0.4 is 5.32 Å². The molecular weight excluding hydrogens is 220 g/mol. The Morgan fingerprint density at radius 2 is 2.00 bits per heavy atom. The first-order valence-electron chi connectivity index (χ1n) is 5.74. The molecule has 84 valence electrons. The van der Waals surface area contributed by atoms with E-state index in [1.165, 1.54) is 32.1 Å². The van der Waals surface area contributed by atoms with E-state index in [9.17, 15) is 0 Å². The molecule has 1 fully saturated rings. The Labute approximate surface area is 98.1 Å². The van der Waals surface area contributed by atoms with E-state index >= 15 is 0 Å². The highest BCUT2D eigenvalue weighted by atomic mass is 32.1. The molecule has 2 aromatic rings. The molecule has 0 unspecified atom stereocenters. The number of hydrogen-bond donors (Lipinski definition) is 1. The molecule has 0 atom stereocenters. The summed E-state index contributed by atoms with van der Waals surface area (Å²) in [5.74, 6) is 0.901. The van der Waals surface area contributed by atoms with E-state index in [0.29, 0.717) is 6.04 Å². The standard InChI is InChI=1S/C11H14N4S/c1-2-4-8(5-3-1)15-10-9-11(13-6-12-10)16-7-14-9/h6-8H,1-5H2,(H,12,13,15). The Hall–Kier alpha value is -1.23. The number of anilines is 1. The number of hydrogen-bond acceptors (Lipinski definition) is 5. The van der Waals surface area contributed by atoms with Crippen molar-refractivity contribution in [2.75, 3.05) is 5.32 Å². The second kappa shape index (κ2) is 4.33. The highest BCUT2D eigenvalue weighted by Gasteiger charge is 2.15. The van der Waals surface area contributed by atoms with Crippen molar-refractivity contribution in [3.8, 4) is 0 Å². The Morgan fingerprint density at radius 3 is 2.88 bits per heavy atom. The van der Waals surface area contributed by atoms with Gasteiger partial charge in [0.1, 0.15) is 16.7 Å². The van der Waals surface area contributed by atoms with Gasteiger partial charge in [-0.05, 0) is 12.8 Å². The van der Waals surface area contributed by atoms with Gasteiger partial charge in [0.15, 0.2) is 5.82 Å². The molecule has 5 heteroatoms. The molecule has 0 spiro atoms. The van der Waals surface area contributed by atoms with E-state index in [4.69, 9.17) is 0 Å². The molecule has 0 bridgehead atoms. The second-order valence-electron chi connectivity index (χ2n) is 4.21. The topological polar surface area (TPSA) is 50.7 Å². The van der Waals surface area contributed by atoms with Crippen LogP contribution in [0.1, 0.15) is 32.1 Å². The van der Waals surface area contributed by atoms with Crippen LogP contribution in [0.4, 0.5) is 5.82 Å². The zero-order valence-corrected chi connectivity index (χ0v) is 9.83. The zero-order chi connectivity index (χ0) is 10.8. The Balaban J connectivity index is 1.85.